The predicted octanol–water partition coefficient (Wildman–Crippen LogP) is 17.3. The van der Waals surface area contributed by atoms with Crippen molar-refractivity contribution in [2.75, 3.05) is 0 Å². The van der Waals surface area contributed by atoms with E-state index in [2.05, 4.69) is 249 Å². The van der Waals surface area contributed by atoms with Crippen LogP contribution >= 0.6 is 0 Å². The first kappa shape index (κ1) is 40.3. The number of aromatic nitrogens is 4. The van der Waals surface area contributed by atoms with Gasteiger partial charge >= 0.3 is 0 Å². The SMILES string of the molecule is CC1(C)c2ccccc2-c2cc3c4ccccc4n(-c4ccc(-n5c6ccccc6c6cc7c(cc65)C(C)(C)c5ccccc5-7)c(-n5c6ccccc6c6cc7c(cc65)C(C)(C)c5ccccc5-7)n4)c3cc21. The van der Waals surface area contributed by atoms with Gasteiger partial charge < -0.3 is 4.57 Å². The van der Waals surface area contributed by atoms with E-state index in [4.69, 9.17) is 4.98 Å². The molecule has 13 aromatic rings. The largest absolute Gasteiger partial charge is 0.306 e. The molecule has 16 rings (SSSR count). The van der Waals surface area contributed by atoms with Crippen LogP contribution in [-0.2, 0) is 16.2 Å². The average Bonchev–Trinajstić information content (AvgIpc) is 4.18. The molecule has 342 valence electrons. The van der Waals surface area contributed by atoms with Gasteiger partial charge in [-0.25, -0.2) is 4.98 Å². The van der Waals surface area contributed by atoms with Crippen molar-refractivity contribution in [1.29, 1.82) is 0 Å². The first-order chi connectivity index (χ1) is 35.0. The summed E-state index contributed by atoms with van der Waals surface area (Å²) in [4.78, 5) is 6.11. The van der Waals surface area contributed by atoms with Crippen LogP contribution in [0.4, 0.5) is 0 Å². The molecule has 0 N–H and O–H groups in total. The van der Waals surface area contributed by atoms with Crippen LogP contribution in [0.25, 0.3) is 116 Å². The Morgan fingerprint density at radius 2 is 0.625 bits per heavy atom. The van der Waals surface area contributed by atoms with Gasteiger partial charge in [0.15, 0.2) is 5.82 Å². The van der Waals surface area contributed by atoms with E-state index in [1.165, 1.54) is 105 Å². The highest BCUT2D eigenvalue weighted by atomic mass is 15.2. The van der Waals surface area contributed by atoms with E-state index in [9.17, 15) is 0 Å². The Hall–Kier alpha value is -8.47. The average molecular weight is 923 g/mol. The van der Waals surface area contributed by atoms with Gasteiger partial charge in [-0.2, -0.15) is 0 Å². The maximum atomic E-state index is 6.11. The van der Waals surface area contributed by atoms with Crippen LogP contribution < -0.4 is 0 Å². The Morgan fingerprint density at radius 3 is 1.07 bits per heavy atom. The zero-order valence-electron chi connectivity index (χ0n) is 41.3. The van der Waals surface area contributed by atoms with Crippen molar-refractivity contribution in [2.24, 2.45) is 0 Å². The highest BCUT2D eigenvalue weighted by molar-refractivity contribution is 6.15. The van der Waals surface area contributed by atoms with Gasteiger partial charge in [-0.15, -0.1) is 0 Å². The third-order valence-electron chi connectivity index (χ3n) is 17.6. The molecular weight excluding hydrogens is 873 g/mol. The zero-order valence-corrected chi connectivity index (χ0v) is 41.3. The summed E-state index contributed by atoms with van der Waals surface area (Å²) < 4.78 is 7.44. The van der Waals surface area contributed by atoms with Crippen molar-refractivity contribution in [3.63, 3.8) is 0 Å². The minimum Gasteiger partial charge on any atom is -0.306 e. The van der Waals surface area contributed by atoms with E-state index >= 15 is 0 Å². The van der Waals surface area contributed by atoms with E-state index in [1.54, 1.807) is 0 Å². The zero-order chi connectivity index (χ0) is 48.2. The van der Waals surface area contributed by atoms with Gasteiger partial charge in [-0.05, 0) is 133 Å². The number of fused-ring (bicyclic) bond motifs is 18. The highest BCUT2D eigenvalue weighted by Gasteiger charge is 2.39. The Morgan fingerprint density at radius 1 is 0.278 bits per heavy atom. The number of rotatable bonds is 3. The van der Waals surface area contributed by atoms with Gasteiger partial charge in [-0.1, -0.05) is 169 Å². The van der Waals surface area contributed by atoms with Crippen LogP contribution in [0.15, 0.2) is 194 Å². The van der Waals surface area contributed by atoms with Crippen molar-refractivity contribution in [3.8, 4) is 50.7 Å². The van der Waals surface area contributed by atoms with Crippen molar-refractivity contribution in [3.05, 3.63) is 228 Å². The van der Waals surface area contributed by atoms with Gasteiger partial charge in [0.2, 0.25) is 0 Å². The van der Waals surface area contributed by atoms with E-state index < -0.39 is 0 Å². The molecule has 0 fully saturated rings. The summed E-state index contributed by atoms with van der Waals surface area (Å²) in [6.07, 6.45) is 0. The molecule has 4 nitrogen and oxygen atoms in total. The molecule has 4 heterocycles. The number of hydrogen-bond acceptors (Lipinski definition) is 1. The Labute approximate surface area is 418 Å². The molecule has 3 aliphatic carbocycles. The molecule has 72 heavy (non-hydrogen) atoms. The summed E-state index contributed by atoms with van der Waals surface area (Å²) >= 11 is 0. The van der Waals surface area contributed by atoms with E-state index in [1.807, 2.05) is 0 Å². The summed E-state index contributed by atoms with van der Waals surface area (Å²) in [5, 5.41) is 7.36. The second-order valence-electron chi connectivity index (χ2n) is 22.3. The molecule has 0 aliphatic heterocycles. The molecule has 0 saturated carbocycles. The number of nitrogens with zero attached hydrogens (tertiary/aromatic N) is 4. The Balaban J connectivity index is 1.04. The molecule has 9 aromatic carbocycles. The third kappa shape index (κ3) is 4.90. The monoisotopic (exact) mass is 922 g/mol. The predicted molar refractivity (Wildman–Crippen MR) is 300 cm³/mol. The van der Waals surface area contributed by atoms with E-state index in [0.717, 1.165) is 44.9 Å². The molecule has 4 heteroatoms. The highest BCUT2D eigenvalue weighted by Crippen LogP contribution is 2.55. The second-order valence-corrected chi connectivity index (χ2v) is 22.3. The first-order valence-electron chi connectivity index (χ1n) is 25.5. The maximum absolute atomic E-state index is 6.11. The molecule has 0 bridgehead atoms. The summed E-state index contributed by atoms with van der Waals surface area (Å²) in [5.41, 5.74) is 23.5. The maximum Gasteiger partial charge on any atom is 0.164 e. The van der Waals surface area contributed by atoms with Crippen LogP contribution in [0.5, 0.6) is 0 Å². The smallest absolute Gasteiger partial charge is 0.164 e. The summed E-state index contributed by atoms with van der Waals surface area (Å²) in [6.45, 7) is 14.3. The summed E-state index contributed by atoms with van der Waals surface area (Å²) in [7, 11) is 0. The quantitative estimate of drug-likeness (QED) is 0.173. The molecule has 3 aliphatic rings. The van der Waals surface area contributed by atoms with Crippen LogP contribution in [0.3, 0.4) is 0 Å². The van der Waals surface area contributed by atoms with E-state index in [-0.39, 0.29) is 16.2 Å². The Bertz CT molecular complexity index is 4600. The van der Waals surface area contributed by atoms with Gasteiger partial charge in [0.25, 0.3) is 0 Å². The van der Waals surface area contributed by atoms with Crippen LogP contribution in [0.2, 0.25) is 0 Å². The van der Waals surface area contributed by atoms with Crippen LogP contribution in [-0.4, -0.2) is 18.7 Å². The molecule has 0 radical (unpaired) electrons. The summed E-state index contributed by atoms with van der Waals surface area (Å²) in [6, 6.07) is 73.2. The lowest BCUT2D eigenvalue weighted by atomic mass is 9.82. The molecule has 0 unspecified atom stereocenters. The third-order valence-corrected chi connectivity index (χ3v) is 17.6. The lowest BCUT2D eigenvalue weighted by Gasteiger charge is -2.23. The molecule has 4 aromatic heterocycles. The fraction of sp³-hybridized carbons (Fsp3) is 0.132. The molecule has 0 saturated heterocycles. The normalized spacial score (nSPS) is 15.4. The van der Waals surface area contributed by atoms with Gasteiger partial charge in [0, 0.05) is 48.6 Å². The van der Waals surface area contributed by atoms with Crippen molar-refractivity contribution < 1.29 is 0 Å². The fourth-order valence-electron chi connectivity index (χ4n) is 14.1. The van der Waals surface area contributed by atoms with E-state index in [0.29, 0.717) is 0 Å². The molecule has 0 spiro atoms. The number of pyridine rings is 1. The first-order valence-corrected chi connectivity index (χ1v) is 25.5. The topological polar surface area (TPSA) is 27.7 Å². The number of hydrogen-bond donors (Lipinski definition) is 0. The minimum absolute atomic E-state index is 0.160. The van der Waals surface area contributed by atoms with Gasteiger partial charge in [0.05, 0.1) is 38.8 Å². The minimum atomic E-state index is -0.187. The van der Waals surface area contributed by atoms with Gasteiger partial charge in [-0.3, -0.25) is 9.13 Å². The van der Waals surface area contributed by atoms with Crippen molar-refractivity contribution >= 4 is 65.4 Å². The lowest BCUT2D eigenvalue weighted by Crippen LogP contribution is -2.15. The number of benzene rings is 9. The standard InChI is InChI=1S/C68H50N4/c1-66(2)51-25-13-7-19-39(51)45-33-48-42-22-10-16-28-57(42)70(61(48)36-54(45)66)60-31-32-64(71-58-29-17-11-23-43(58)49-34-46-40-20-8-14-26-52(40)67(3,4)55(46)37-62(49)71)69-65(60)72-59-30-18-12-24-44(59)50-35-47-41-21-9-15-27-53(41)68(5,6)56(47)38-63(50)72/h7-38H,1-6H3. The molecular formula is C68H50N4. The molecule has 0 amide bonds. The van der Waals surface area contributed by atoms with Gasteiger partial charge in [0.1, 0.15) is 5.82 Å². The number of para-hydroxylation sites is 3. The second kappa shape index (κ2) is 13.5. The van der Waals surface area contributed by atoms with Crippen molar-refractivity contribution in [2.45, 2.75) is 57.8 Å². The molecule has 0 atom stereocenters. The Kier molecular flexibility index (Phi) is 7.54. The fourth-order valence-corrected chi connectivity index (χ4v) is 14.1. The van der Waals surface area contributed by atoms with Crippen LogP contribution in [0, 0.1) is 0 Å². The summed E-state index contributed by atoms with van der Waals surface area (Å²) in [5.74, 6) is 1.77. The van der Waals surface area contributed by atoms with Crippen LogP contribution in [0.1, 0.15) is 74.9 Å². The van der Waals surface area contributed by atoms with Crippen molar-refractivity contribution in [1.82, 2.24) is 18.7 Å². The lowest BCUT2D eigenvalue weighted by molar-refractivity contribution is 0.660.